The van der Waals surface area contributed by atoms with Crippen LogP contribution >= 0.6 is 24.0 Å². The summed E-state index contributed by atoms with van der Waals surface area (Å²) in [5.74, 6) is 1.95. The lowest BCUT2D eigenvalue weighted by Crippen LogP contribution is -2.26. The van der Waals surface area contributed by atoms with E-state index in [9.17, 15) is 8.42 Å². The van der Waals surface area contributed by atoms with Crippen LogP contribution in [0.25, 0.3) is 0 Å². The summed E-state index contributed by atoms with van der Waals surface area (Å²) in [6.45, 7) is 2.03. The van der Waals surface area contributed by atoms with Gasteiger partial charge in [0.1, 0.15) is 12.4 Å². The van der Waals surface area contributed by atoms with Gasteiger partial charge >= 0.3 is 0 Å². The number of benzene rings is 2. The van der Waals surface area contributed by atoms with Gasteiger partial charge in [-0.2, -0.15) is 0 Å². The van der Waals surface area contributed by atoms with Crippen LogP contribution in [0.15, 0.2) is 36.4 Å². The van der Waals surface area contributed by atoms with Crippen molar-refractivity contribution in [3.05, 3.63) is 47.0 Å². The van der Waals surface area contributed by atoms with Crippen molar-refractivity contribution in [2.24, 2.45) is 0 Å². The van der Waals surface area contributed by atoms with Gasteiger partial charge in [0.05, 0.1) is 31.2 Å². The molecule has 30 heavy (non-hydrogen) atoms. The highest BCUT2D eigenvalue weighted by Gasteiger charge is 2.08. The molecule has 168 valence electrons. The first-order valence-corrected chi connectivity index (χ1v) is 11.3. The highest BCUT2D eigenvalue weighted by Crippen LogP contribution is 2.29. The number of nitrogens with zero attached hydrogens (tertiary/aromatic N) is 1. The number of methoxy groups -OCH3 is 2. The summed E-state index contributed by atoms with van der Waals surface area (Å²) in [6, 6.07) is 10.7. The number of anilines is 1. The SMILES string of the molecule is COc1ccc(CCN(C)CCOc2ccc(NS(C)(=O)=O)cc2Cl)cc1OC.Cl. The molecule has 2 aromatic rings. The quantitative estimate of drug-likeness (QED) is 0.530. The van der Waals surface area contributed by atoms with E-state index in [1.807, 2.05) is 25.2 Å². The predicted molar refractivity (Wildman–Crippen MR) is 123 cm³/mol. The first kappa shape index (κ1) is 26.2. The van der Waals surface area contributed by atoms with E-state index in [1.54, 1.807) is 26.4 Å². The van der Waals surface area contributed by atoms with Crippen molar-refractivity contribution in [1.82, 2.24) is 4.90 Å². The van der Waals surface area contributed by atoms with Crippen LogP contribution in [0, 0.1) is 0 Å². The molecule has 0 saturated carbocycles. The molecule has 0 spiro atoms. The Labute approximate surface area is 189 Å². The van der Waals surface area contributed by atoms with E-state index in [0.717, 1.165) is 30.5 Å². The van der Waals surface area contributed by atoms with Crippen LogP contribution in [0.5, 0.6) is 17.2 Å². The molecular formula is C20H28Cl2N2O5S. The molecule has 0 saturated heterocycles. The Kier molecular flexibility index (Phi) is 10.6. The molecule has 2 rings (SSSR count). The van der Waals surface area contributed by atoms with E-state index in [0.29, 0.717) is 35.4 Å². The highest BCUT2D eigenvalue weighted by atomic mass is 35.5. The number of likely N-dealkylation sites (N-methyl/N-ethyl adjacent to an activating group) is 1. The maximum Gasteiger partial charge on any atom is 0.229 e. The molecule has 0 unspecified atom stereocenters. The zero-order chi connectivity index (χ0) is 21.4. The third kappa shape index (κ3) is 8.47. The monoisotopic (exact) mass is 478 g/mol. The predicted octanol–water partition coefficient (Wildman–Crippen LogP) is 3.70. The molecule has 1 N–H and O–H groups in total. The number of hydrogen-bond acceptors (Lipinski definition) is 6. The Bertz CT molecular complexity index is 925. The van der Waals surface area contributed by atoms with Crippen molar-refractivity contribution >= 4 is 39.7 Å². The summed E-state index contributed by atoms with van der Waals surface area (Å²) in [4.78, 5) is 2.16. The minimum absolute atomic E-state index is 0. The van der Waals surface area contributed by atoms with Crippen LogP contribution in [-0.4, -0.2) is 60.5 Å². The molecule has 0 aliphatic heterocycles. The van der Waals surface area contributed by atoms with Gasteiger partial charge in [0.25, 0.3) is 0 Å². The molecule has 0 heterocycles. The van der Waals surface area contributed by atoms with E-state index in [2.05, 4.69) is 9.62 Å². The molecule has 0 aliphatic rings. The molecule has 0 amide bonds. The fourth-order valence-corrected chi connectivity index (χ4v) is 3.47. The van der Waals surface area contributed by atoms with Crippen LogP contribution in [0.4, 0.5) is 5.69 Å². The normalized spacial score (nSPS) is 11.0. The largest absolute Gasteiger partial charge is 0.493 e. The number of nitrogens with one attached hydrogen (secondary N) is 1. The standard InChI is InChI=1S/C20H27ClN2O5S.ClH/c1-23(10-9-15-5-7-19(26-2)20(13-15)27-3)11-12-28-18-8-6-16(14-17(18)21)22-29(4,24)25;/h5-8,13-14,22H,9-12H2,1-4H3;1H. The maximum atomic E-state index is 11.3. The van der Waals surface area contributed by atoms with Crippen molar-refractivity contribution in [3.63, 3.8) is 0 Å². The van der Waals surface area contributed by atoms with Gasteiger partial charge in [-0.25, -0.2) is 8.42 Å². The maximum absolute atomic E-state index is 11.3. The van der Waals surface area contributed by atoms with E-state index >= 15 is 0 Å². The molecule has 7 nitrogen and oxygen atoms in total. The van der Waals surface area contributed by atoms with Gasteiger partial charge in [-0.05, 0) is 49.4 Å². The number of hydrogen-bond donors (Lipinski definition) is 1. The molecule has 0 aromatic heterocycles. The summed E-state index contributed by atoms with van der Waals surface area (Å²) in [6.07, 6.45) is 1.95. The molecule has 2 aromatic carbocycles. The Morgan fingerprint density at radius 3 is 2.27 bits per heavy atom. The minimum atomic E-state index is -3.34. The molecular weight excluding hydrogens is 451 g/mol. The third-order valence-corrected chi connectivity index (χ3v) is 5.10. The second-order valence-corrected chi connectivity index (χ2v) is 8.77. The number of rotatable bonds is 11. The van der Waals surface area contributed by atoms with Crippen molar-refractivity contribution < 1.29 is 22.6 Å². The fourth-order valence-electron chi connectivity index (χ4n) is 2.67. The zero-order valence-corrected chi connectivity index (χ0v) is 19.9. The Hall–Kier alpha value is -1.87. The lowest BCUT2D eigenvalue weighted by molar-refractivity contribution is 0.239. The van der Waals surface area contributed by atoms with Gasteiger partial charge in [-0.15, -0.1) is 12.4 Å². The van der Waals surface area contributed by atoms with Crippen LogP contribution in [0.2, 0.25) is 5.02 Å². The highest BCUT2D eigenvalue weighted by molar-refractivity contribution is 7.92. The number of ether oxygens (including phenoxy) is 3. The van der Waals surface area contributed by atoms with Crippen LogP contribution in [0.1, 0.15) is 5.56 Å². The molecule has 0 aliphatic carbocycles. The summed E-state index contributed by atoms with van der Waals surface area (Å²) in [7, 11) is 1.92. The summed E-state index contributed by atoms with van der Waals surface area (Å²) in [5, 5.41) is 0.353. The molecule has 0 radical (unpaired) electrons. The van der Waals surface area contributed by atoms with Gasteiger partial charge in [-0.3, -0.25) is 4.72 Å². The average molecular weight is 479 g/mol. The van der Waals surface area contributed by atoms with Gasteiger partial charge in [0.15, 0.2) is 11.5 Å². The van der Waals surface area contributed by atoms with E-state index < -0.39 is 10.0 Å². The van der Waals surface area contributed by atoms with Crippen molar-refractivity contribution in [1.29, 1.82) is 0 Å². The summed E-state index contributed by atoms with van der Waals surface area (Å²) in [5.41, 5.74) is 1.56. The zero-order valence-electron chi connectivity index (χ0n) is 17.5. The van der Waals surface area contributed by atoms with E-state index in [4.69, 9.17) is 25.8 Å². The first-order chi connectivity index (χ1) is 13.7. The summed E-state index contributed by atoms with van der Waals surface area (Å²) < 4.78 is 41.2. The average Bonchev–Trinajstić information content (AvgIpc) is 2.66. The van der Waals surface area contributed by atoms with Gasteiger partial charge in [0, 0.05) is 13.1 Å². The van der Waals surface area contributed by atoms with Crippen LogP contribution in [0.3, 0.4) is 0 Å². The number of sulfonamides is 1. The molecule has 10 heteroatoms. The topological polar surface area (TPSA) is 77.1 Å². The second-order valence-electron chi connectivity index (χ2n) is 6.61. The Morgan fingerprint density at radius 1 is 1.00 bits per heavy atom. The van der Waals surface area contributed by atoms with Crippen LogP contribution < -0.4 is 18.9 Å². The van der Waals surface area contributed by atoms with Gasteiger partial charge in [-0.1, -0.05) is 17.7 Å². The fraction of sp³-hybridized carbons (Fsp3) is 0.400. The lowest BCUT2D eigenvalue weighted by atomic mass is 10.1. The van der Waals surface area contributed by atoms with Crippen molar-refractivity contribution in [2.45, 2.75) is 6.42 Å². The smallest absolute Gasteiger partial charge is 0.229 e. The van der Waals surface area contributed by atoms with E-state index in [-0.39, 0.29) is 12.4 Å². The summed E-state index contributed by atoms with van der Waals surface area (Å²) >= 11 is 6.17. The third-order valence-electron chi connectivity index (χ3n) is 4.20. The van der Waals surface area contributed by atoms with Crippen molar-refractivity contribution in [3.8, 4) is 17.2 Å². The molecule has 0 fully saturated rings. The Morgan fingerprint density at radius 2 is 1.67 bits per heavy atom. The van der Waals surface area contributed by atoms with E-state index in [1.165, 1.54) is 6.07 Å². The Balaban J connectivity index is 0.00000450. The van der Waals surface area contributed by atoms with Crippen molar-refractivity contribution in [2.75, 3.05) is 51.9 Å². The van der Waals surface area contributed by atoms with Gasteiger partial charge < -0.3 is 19.1 Å². The van der Waals surface area contributed by atoms with Gasteiger partial charge in [0.2, 0.25) is 10.0 Å². The molecule has 0 atom stereocenters. The second kappa shape index (κ2) is 12.1. The lowest BCUT2D eigenvalue weighted by Gasteiger charge is -2.18. The first-order valence-electron chi connectivity index (χ1n) is 9.01. The van der Waals surface area contributed by atoms with Crippen LogP contribution in [-0.2, 0) is 16.4 Å². The number of halogens is 2. The molecule has 0 bridgehead atoms. The minimum Gasteiger partial charge on any atom is -0.493 e.